The van der Waals surface area contributed by atoms with E-state index < -0.39 is 6.04 Å². The molecule has 2 N–H and O–H groups in total. The highest BCUT2D eigenvalue weighted by Crippen LogP contribution is 2.33. The first-order valence-corrected chi connectivity index (χ1v) is 7.56. The van der Waals surface area contributed by atoms with Gasteiger partial charge in [-0.15, -0.1) is 12.4 Å². The average molecular weight is 311 g/mol. The van der Waals surface area contributed by atoms with Crippen LogP contribution in [0.5, 0.6) is 0 Å². The molecular formula is C17H27ClN2O. The lowest BCUT2D eigenvalue weighted by Crippen LogP contribution is -2.47. The summed E-state index contributed by atoms with van der Waals surface area (Å²) >= 11 is 0. The van der Waals surface area contributed by atoms with Crippen LogP contribution in [0.1, 0.15) is 50.3 Å². The molecule has 0 bridgehead atoms. The predicted octanol–water partition coefficient (Wildman–Crippen LogP) is 3.46. The number of carbonyl (C=O) groups is 1. The first-order chi connectivity index (χ1) is 9.45. The first-order valence-electron chi connectivity index (χ1n) is 7.56. The third-order valence-corrected chi connectivity index (χ3v) is 4.65. The van der Waals surface area contributed by atoms with E-state index in [2.05, 4.69) is 13.8 Å². The summed E-state index contributed by atoms with van der Waals surface area (Å²) in [5, 5.41) is 0. The molecule has 0 spiro atoms. The Kier molecular flexibility index (Phi) is 6.24. The van der Waals surface area contributed by atoms with Gasteiger partial charge in [0.1, 0.15) is 6.04 Å². The molecule has 1 heterocycles. The second kappa shape index (κ2) is 7.28. The molecule has 1 saturated heterocycles. The Bertz CT molecular complexity index is 474. The summed E-state index contributed by atoms with van der Waals surface area (Å²) < 4.78 is 0. The highest BCUT2D eigenvalue weighted by Gasteiger charge is 2.33. The summed E-state index contributed by atoms with van der Waals surface area (Å²) in [6.07, 6.45) is 3.39. The summed E-state index contributed by atoms with van der Waals surface area (Å²) in [5.74, 6) is 0.0632. The van der Waals surface area contributed by atoms with Crippen LogP contribution in [0.3, 0.4) is 0 Å². The summed E-state index contributed by atoms with van der Waals surface area (Å²) in [6.45, 7) is 8.18. The van der Waals surface area contributed by atoms with Crippen LogP contribution < -0.4 is 5.73 Å². The van der Waals surface area contributed by atoms with Crippen molar-refractivity contribution in [3.63, 3.8) is 0 Å². The van der Waals surface area contributed by atoms with Gasteiger partial charge in [-0.3, -0.25) is 4.79 Å². The third kappa shape index (κ3) is 4.21. The van der Waals surface area contributed by atoms with Gasteiger partial charge in [0.05, 0.1) is 0 Å². The second-order valence-electron chi connectivity index (χ2n) is 6.42. The van der Waals surface area contributed by atoms with Crippen LogP contribution in [0.2, 0.25) is 0 Å². The summed E-state index contributed by atoms with van der Waals surface area (Å²) in [6, 6.07) is 7.40. The molecule has 1 fully saturated rings. The van der Waals surface area contributed by atoms with E-state index in [0.29, 0.717) is 0 Å². The predicted molar refractivity (Wildman–Crippen MR) is 89.6 cm³/mol. The van der Waals surface area contributed by atoms with Crippen LogP contribution in [0.25, 0.3) is 0 Å². The van der Waals surface area contributed by atoms with Crippen LogP contribution >= 0.6 is 12.4 Å². The number of aryl methyl sites for hydroxylation is 1. The van der Waals surface area contributed by atoms with E-state index in [9.17, 15) is 4.79 Å². The van der Waals surface area contributed by atoms with E-state index in [4.69, 9.17) is 5.73 Å². The molecular weight excluding hydrogens is 284 g/mol. The molecule has 21 heavy (non-hydrogen) atoms. The van der Waals surface area contributed by atoms with Gasteiger partial charge < -0.3 is 10.6 Å². The number of piperidine rings is 1. The molecule has 1 aromatic carbocycles. The number of benzene rings is 1. The Labute approximate surface area is 134 Å². The Hall–Kier alpha value is -1.06. The fourth-order valence-electron chi connectivity index (χ4n) is 2.91. The molecule has 2 rings (SSSR count). The molecule has 3 nitrogen and oxygen atoms in total. The fourth-order valence-corrected chi connectivity index (χ4v) is 2.91. The Balaban J connectivity index is 0.00000220. The molecule has 2 unspecified atom stereocenters. The minimum atomic E-state index is -0.533. The second-order valence-corrected chi connectivity index (χ2v) is 6.42. The van der Waals surface area contributed by atoms with Gasteiger partial charge in [-0.05, 0) is 37.2 Å². The summed E-state index contributed by atoms with van der Waals surface area (Å²) in [5.41, 5.74) is 8.50. The maximum atomic E-state index is 12.6. The van der Waals surface area contributed by atoms with Crippen molar-refractivity contribution in [2.75, 3.05) is 13.1 Å². The van der Waals surface area contributed by atoms with Crippen LogP contribution in [-0.2, 0) is 4.79 Å². The number of hydrogen-bond donors (Lipinski definition) is 1. The average Bonchev–Trinajstić information content (AvgIpc) is 2.46. The van der Waals surface area contributed by atoms with Crippen molar-refractivity contribution >= 4 is 18.3 Å². The fraction of sp³-hybridized carbons (Fsp3) is 0.588. The van der Waals surface area contributed by atoms with Crippen molar-refractivity contribution in [2.45, 2.75) is 46.1 Å². The van der Waals surface area contributed by atoms with Crippen molar-refractivity contribution in [2.24, 2.45) is 11.1 Å². The highest BCUT2D eigenvalue weighted by atomic mass is 35.5. The zero-order chi connectivity index (χ0) is 14.8. The van der Waals surface area contributed by atoms with E-state index in [0.717, 1.165) is 31.5 Å². The van der Waals surface area contributed by atoms with Gasteiger partial charge in [-0.1, -0.05) is 43.7 Å². The van der Waals surface area contributed by atoms with Gasteiger partial charge in [0.15, 0.2) is 0 Å². The minimum Gasteiger partial charge on any atom is -0.341 e. The molecule has 0 aromatic heterocycles. The van der Waals surface area contributed by atoms with Crippen molar-refractivity contribution in [3.8, 4) is 0 Å². The van der Waals surface area contributed by atoms with Gasteiger partial charge in [-0.25, -0.2) is 0 Å². The Morgan fingerprint density at radius 2 is 2.00 bits per heavy atom. The number of amides is 1. The number of halogens is 1. The van der Waals surface area contributed by atoms with Crippen LogP contribution in [0.4, 0.5) is 0 Å². The van der Waals surface area contributed by atoms with Gasteiger partial charge >= 0.3 is 0 Å². The maximum absolute atomic E-state index is 12.6. The highest BCUT2D eigenvalue weighted by molar-refractivity contribution is 5.85. The molecule has 2 atom stereocenters. The molecule has 0 aliphatic carbocycles. The number of hydrogen-bond acceptors (Lipinski definition) is 2. The van der Waals surface area contributed by atoms with E-state index in [1.54, 1.807) is 0 Å². The topological polar surface area (TPSA) is 46.3 Å². The zero-order valence-electron chi connectivity index (χ0n) is 13.3. The smallest absolute Gasteiger partial charge is 0.244 e. The number of rotatable bonds is 3. The monoisotopic (exact) mass is 310 g/mol. The normalized spacial score (nSPS) is 23.3. The maximum Gasteiger partial charge on any atom is 0.244 e. The van der Waals surface area contributed by atoms with Crippen LogP contribution in [0.15, 0.2) is 24.3 Å². The Morgan fingerprint density at radius 1 is 1.38 bits per heavy atom. The summed E-state index contributed by atoms with van der Waals surface area (Å²) in [7, 11) is 0. The lowest BCUT2D eigenvalue weighted by Gasteiger charge is -2.41. The number of nitrogens with two attached hydrogens (primary N) is 1. The zero-order valence-corrected chi connectivity index (χ0v) is 14.1. The van der Waals surface area contributed by atoms with Crippen molar-refractivity contribution in [3.05, 3.63) is 35.4 Å². The SMILES string of the molecule is CCC1(C)CCCN(C(=O)C(N)c2ccc(C)cc2)C1.Cl. The molecule has 118 valence electrons. The molecule has 1 aliphatic heterocycles. The Morgan fingerprint density at radius 3 is 2.57 bits per heavy atom. The number of nitrogens with zero attached hydrogens (tertiary/aromatic N) is 1. The van der Waals surface area contributed by atoms with E-state index in [1.165, 1.54) is 12.0 Å². The molecule has 0 saturated carbocycles. The van der Waals surface area contributed by atoms with E-state index in [1.807, 2.05) is 36.1 Å². The number of likely N-dealkylation sites (tertiary alicyclic amines) is 1. The number of carbonyl (C=O) groups excluding carboxylic acids is 1. The molecule has 1 amide bonds. The van der Waals surface area contributed by atoms with Crippen LogP contribution in [-0.4, -0.2) is 23.9 Å². The van der Waals surface area contributed by atoms with Crippen molar-refractivity contribution < 1.29 is 4.79 Å². The van der Waals surface area contributed by atoms with Crippen LogP contribution in [0, 0.1) is 12.3 Å². The summed E-state index contributed by atoms with van der Waals surface area (Å²) in [4.78, 5) is 14.5. The quantitative estimate of drug-likeness (QED) is 0.929. The molecule has 0 radical (unpaired) electrons. The lowest BCUT2D eigenvalue weighted by molar-refractivity contribution is -0.136. The van der Waals surface area contributed by atoms with Gasteiger partial charge in [0, 0.05) is 13.1 Å². The van der Waals surface area contributed by atoms with Gasteiger partial charge in [0.2, 0.25) is 5.91 Å². The van der Waals surface area contributed by atoms with Crippen molar-refractivity contribution in [1.29, 1.82) is 0 Å². The standard InChI is InChI=1S/C17H26N2O.ClH/c1-4-17(3)10-5-11-19(12-17)16(20)15(18)14-8-6-13(2)7-9-14;/h6-9,15H,4-5,10-12,18H2,1-3H3;1H. The van der Waals surface area contributed by atoms with E-state index >= 15 is 0 Å². The largest absolute Gasteiger partial charge is 0.341 e. The molecule has 1 aliphatic rings. The van der Waals surface area contributed by atoms with Crippen molar-refractivity contribution in [1.82, 2.24) is 4.90 Å². The van der Waals surface area contributed by atoms with Gasteiger partial charge in [-0.2, -0.15) is 0 Å². The van der Waals surface area contributed by atoms with Gasteiger partial charge in [0.25, 0.3) is 0 Å². The van der Waals surface area contributed by atoms with E-state index in [-0.39, 0.29) is 23.7 Å². The minimum absolute atomic E-state index is 0. The first kappa shape index (κ1) is 18.0. The molecule has 1 aromatic rings. The third-order valence-electron chi connectivity index (χ3n) is 4.65. The molecule has 4 heteroatoms. The lowest BCUT2D eigenvalue weighted by atomic mass is 9.79.